The summed E-state index contributed by atoms with van der Waals surface area (Å²) in [6.45, 7) is 11.2. The molecule has 0 spiro atoms. The number of hydrogen-bond acceptors (Lipinski definition) is 3. The molecule has 0 aliphatic rings. The van der Waals surface area contributed by atoms with E-state index in [0.29, 0.717) is 24.9 Å². The molecule has 124 valence electrons. The molecular weight excluding hydrogens is 298 g/mol. The molecule has 1 amide bonds. The molecule has 0 fully saturated rings. The van der Waals surface area contributed by atoms with E-state index in [1.165, 1.54) is 0 Å². The Labute approximate surface area is 134 Å². The van der Waals surface area contributed by atoms with E-state index in [1.54, 1.807) is 29.2 Å². The maximum Gasteiger partial charge on any atom is 0.238 e. The Morgan fingerprint density at radius 1 is 1.00 bits per heavy atom. The second kappa shape index (κ2) is 7.77. The van der Waals surface area contributed by atoms with E-state index in [9.17, 15) is 13.2 Å². The van der Waals surface area contributed by atoms with E-state index >= 15 is 0 Å². The van der Waals surface area contributed by atoms with E-state index in [4.69, 9.17) is 0 Å². The van der Waals surface area contributed by atoms with Crippen LogP contribution in [0.3, 0.4) is 0 Å². The molecule has 5 heteroatoms. The smallest absolute Gasteiger partial charge is 0.238 e. The topological polar surface area (TPSA) is 54.5 Å². The maximum atomic E-state index is 12.4. The van der Waals surface area contributed by atoms with Gasteiger partial charge in [-0.3, -0.25) is 4.79 Å². The van der Waals surface area contributed by atoms with Crippen LogP contribution in [0.4, 0.5) is 0 Å². The van der Waals surface area contributed by atoms with Crippen molar-refractivity contribution in [1.29, 1.82) is 0 Å². The van der Waals surface area contributed by atoms with Gasteiger partial charge >= 0.3 is 0 Å². The van der Waals surface area contributed by atoms with Crippen molar-refractivity contribution in [2.24, 2.45) is 11.8 Å². The first-order valence-electron chi connectivity index (χ1n) is 7.69. The van der Waals surface area contributed by atoms with Gasteiger partial charge in [-0.05, 0) is 30.9 Å². The van der Waals surface area contributed by atoms with Crippen molar-refractivity contribution in [3.8, 4) is 0 Å². The van der Waals surface area contributed by atoms with Crippen molar-refractivity contribution in [3.63, 3.8) is 0 Å². The van der Waals surface area contributed by atoms with Crippen LogP contribution in [-0.2, 0) is 14.6 Å². The number of sulfone groups is 1. The predicted molar refractivity (Wildman–Crippen MR) is 89.5 cm³/mol. The quantitative estimate of drug-likeness (QED) is 0.774. The molecule has 0 aliphatic carbocycles. The highest BCUT2D eigenvalue weighted by molar-refractivity contribution is 7.92. The zero-order valence-corrected chi connectivity index (χ0v) is 15.0. The molecule has 1 aromatic rings. The third-order valence-electron chi connectivity index (χ3n) is 3.22. The highest BCUT2D eigenvalue weighted by Crippen LogP contribution is 2.14. The number of aryl methyl sites for hydroxylation is 1. The van der Waals surface area contributed by atoms with E-state index in [2.05, 4.69) is 0 Å². The fraction of sp³-hybridized carbons (Fsp3) is 0.588. The van der Waals surface area contributed by atoms with Gasteiger partial charge in [-0.15, -0.1) is 0 Å². The molecule has 1 rings (SSSR count). The van der Waals surface area contributed by atoms with Gasteiger partial charge in [0, 0.05) is 13.1 Å². The van der Waals surface area contributed by atoms with E-state index < -0.39 is 15.6 Å². The summed E-state index contributed by atoms with van der Waals surface area (Å²) < 4.78 is 24.8. The van der Waals surface area contributed by atoms with Crippen molar-refractivity contribution >= 4 is 15.7 Å². The summed E-state index contributed by atoms with van der Waals surface area (Å²) in [4.78, 5) is 14.3. The van der Waals surface area contributed by atoms with Crippen LogP contribution in [0.1, 0.15) is 33.3 Å². The van der Waals surface area contributed by atoms with Crippen LogP contribution in [0.5, 0.6) is 0 Å². The summed E-state index contributed by atoms with van der Waals surface area (Å²) in [5.41, 5.74) is 0.992. The maximum absolute atomic E-state index is 12.4. The number of benzene rings is 1. The van der Waals surface area contributed by atoms with Crippen LogP contribution in [0, 0.1) is 18.8 Å². The van der Waals surface area contributed by atoms with Crippen LogP contribution in [-0.4, -0.2) is 38.1 Å². The second-order valence-electron chi connectivity index (χ2n) is 6.66. The number of hydrogen-bond donors (Lipinski definition) is 0. The molecule has 0 unspecified atom stereocenters. The van der Waals surface area contributed by atoms with Crippen molar-refractivity contribution in [3.05, 3.63) is 29.8 Å². The Morgan fingerprint density at radius 3 is 1.86 bits per heavy atom. The molecule has 0 atom stereocenters. The van der Waals surface area contributed by atoms with Crippen LogP contribution in [0.25, 0.3) is 0 Å². The lowest BCUT2D eigenvalue weighted by Crippen LogP contribution is -2.40. The molecule has 4 nitrogen and oxygen atoms in total. The molecule has 0 saturated heterocycles. The molecule has 0 aromatic heterocycles. The van der Waals surface area contributed by atoms with Gasteiger partial charge in [0.15, 0.2) is 9.84 Å². The Balaban J connectivity index is 2.89. The van der Waals surface area contributed by atoms with Crippen LogP contribution < -0.4 is 0 Å². The average Bonchev–Trinajstić information content (AvgIpc) is 2.36. The molecule has 1 aromatic carbocycles. The number of rotatable bonds is 7. The Kier molecular flexibility index (Phi) is 6.60. The average molecular weight is 325 g/mol. The van der Waals surface area contributed by atoms with E-state index in [1.807, 2.05) is 34.6 Å². The highest BCUT2D eigenvalue weighted by atomic mass is 32.2. The van der Waals surface area contributed by atoms with E-state index in [0.717, 1.165) is 5.56 Å². The minimum atomic E-state index is -3.58. The van der Waals surface area contributed by atoms with Crippen molar-refractivity contribution in [2.75, 3.05) is 18.8 Å². The summed E-state index contributed by atoms with van der Waals surface area (Å²) >= 11 is 0. The van der Waals surface area contributed by atoms with Gasteiger partial charge in [0.05, 0.1) is 4.90 Å². The SMILES string of the molecule is Cc1ccc(S(=O)(=O)CC(=O)N(CC(C)C)CC(C)C)cc1. The van der Waals surface area contributed by atoms with Crippen molar-refractivity contribution in [1.82, 2.24) is 4.90 Å². The summed E-state index contributed by atoms with van der Waals surface area (Å²) in [7, 11) is -3.58. The third kappa shape index (κ3) is 5.79. The third-order valence-corrected chi connectivity index (χ3v) is 4.83. The number of amides is 1. The highest BCUT2D eigenvalue weighted by Gasteiger charge is 2.24. The largest absolute Gasteiger partial charge is 0.341 e. The minimum absolute atomic E-state index is 0.209. The van der Waals surface area contributed by atoms with Crippen LogP contribution in [0.15, 0.2) is 29.2 Å². The fourth-order valence-corrected chi connectivity index (χ4v) is 3.47. The standard InChI is InChI=1S/C17H27NO3S/c1-13(2)10-18(11-14(3)4)17(19)12-22(20,21)16-8-6-15(5)7-9-16/h6-9,13-14H,10-12H2,1-5H3. The fourth-order valence-electron chi connectivity index (χ4n) is 2.24. The number of nitrogens with zero attached hydrogens (tertiary/aromatic N) is 1. The molecule has 0 bridgehead atoms. The van der Waals surface area contributed by atoms with Crippen LogP contribution >= 0.6 is 0 Å². The minimum Gasteiger partial charge on any atom is -0.341 e. The van der Waals surface area contributed by atoms with Crippen molar-refractivity contribution < 1.29 is 13.2 Å². The molecule has 0 radical (unpaired) electrons. The van der Waals surface area contributed by atoms with Crippen LogP contribution in [0.2, 0.25) is 0 Å². The molecule has 0 N–H and O–H groups in total. The lowest BCUT2D eigenvalue weighted by atomic mass is 10.1. The lowest BCUT2D eigenvalue weighted by Gasteiger charge is -2.26. The van der Waals surface area contributed by atoms with Gasteiger partial charge in [0.1, 0.15) is 5.75 Å². The normalized spacial score (nSPS) is 12.0. The second-order valence-corrected chi connectivity index (χ2v) is 8.65. The van der Waals surface area contributed by atoms with Crippen molar-refractivity contribution in [2.45, 2.75) is 39.5 Å². The zero-order chi connectivity index (χ0) is 16.9. The van der Waals surface area contributed by atoms with Gasteiger partial charge < -0.3 is 4.90 Å². The van der Waals surface area contributed by atoms with Gasteiger partial charge in [-0.25, -0.2) is 8.42 Å². The lowest BCUT2D eigenvalue weighted by molar-refractivity contribution is -0.129. The Hall–Kier alpha value is -1.36. The summed E-state index contributed by atoms with van der Waals surface area (Å²) in [6, 6.07) is 6.62. The number of carbonyl (C=O) groups excluding carboxylic acids is 1. The first-order chi connectivity index (χ1) is 10.1. The van der Waals surface area contributed by atoms with E-state index in [-0.39, 0.29) is 10.8 Å². The first-order valence-corrected chi connectivity index (χ1v) is 9.34. The monoisotopic (exact) mass is 325 g/mol. The Morgan fingerprint density at radius 2 is 1.45 bits per heavy atom. The Bertz CT molecular complexity index is 579. The van der Waals surface area contributed by atoms with Gasteiger partial charge in [0.25, 0.3) is 0 Å². The summed E-state index contributed by atoms with van der Waals surface area (Å²) in [6.07, 6.45) is 0. The van der Waals surface area contributed by atoms with Gasteiger partial charge in [-0.2, -0.15) is 0 Å². The van der Waals surface area contributed by atoms with Gasteiger partial charge in [-0.1, -0.05) is 45.4 Å². The molecule has 22 heavy (non-hydrogen) atoms. The summed E-state index contributed by atoms with van der Waals surface area (Å²) in [5, 5.41) is 0. The predicted octanol–water partition coefficient (Wildman–Crippen LogP) is 2.91. The molecular formula is C17H27NO3S. The van der Waals surface area contributed by atoms with Gasteiger partial charge in [0.2, 0.25) is 5.91 Å². The molecule has 0 saturated carbocycles. The summed E-state index contributed by atoms with van der Waals surface area (Å²) in [5.74, 6) is -0.160. The zero-order valence-electron chi connectivity index (χ0n) is 14.2. The molecule has 0 aliphatic heterocycles. The number of carbonyl (C=O) groups is 1. The molecule has 0 heterocycles. The first kappa shape index (κ1) is 18.7.